The lowest BCUT2D eigenvalue weighted by molar-refractivity contribution is -0.0808. The van der Waals surface area contributed by atoms with Crippen LogP contribution >= 0.6 is 11.6 Å². The van der Waals surface area contributed by atoms with Crippen LogP contribution in [0.2, 0.25) is 5.02 Å². The number of aliphatic hydroxyl groups excluding tert-OH is 1. The number of benzene rings is 1. The predicted octanol–water partition coefficient (Wildman–Crippen LogP) is 3.80. The van der Waals surface area contributed by atoms with E-state index in [0.717, 1.165) is 12.0 Å². The number of rotatable bonds is 5. The Morgan fingerprint density at radius 2 is 2.15 bits per heavy atom. The molecule has 2 aliphatic heterocycles. The van der Waals surface area contributed by atoms with Gasteiger partial charge in [-0.3, -0.25) is 0 Å². The van der Waals surface area contributed by atoms with Gasteiger partial charge in [-0.05, 0) is 51.2 Å². The summed E-state index contributed by atoms with van der Waals surface area (Å²) < 4.78 is 22.8. The maximum Gasteiger partial charge on any atom is 0.223 e. The molecule has 1 fully saturated rings. The van der Waals surface area contributed by atoms with Gasteiger partial charge in [0.2, 0.25) is 5.95 Å². The fourth-order valence-electron chi connectivity index (χ4n) is 5.08. The fraction of sp³-hybridized carbons (Fsp3) is 0.542. The van der Waals surface area contributed by atoms with Crippen molar-refractivity contribution in [1.82, 2.24) is 19.5 Å². The molecule has 10 heteroatoms. The molecule has 0 unspecified atom stereocenters. The highest BCUT2D eigenvalue weighted by Crippen LogP contribution is 2.39. The van der Waals surface area contributed by atoms with Crippen LogP contribution in [0, 0.1) is 5.82 Å². The first kappa shape index (κ1) is 23.4. The Balaban J connectivity index is 1.59. The predicted molar refractivity (Wildman–Crippen MR) is 127 cm³/mol. The molecule has 1 saturated heterocycles. The van der Waals surface area contributed by atoms with Crippen molar-refractivity contribution in [3.63, 3.8) is 0 Å². The average molecular weight is 490 g/mol. The van der Waals surface area contributed by atoms with Crippen LogP contribution in [-0.4, -0.2) is 54.6 Å². The third-order valence-electron chi connectivity index (χ3n) is 6.70. The van der Waals surface area contributed by atoms with Crippen molar-refractivity contribution < 1.29 is 19.3 Å². The molecule has 0 radical (unpaired) electrons. The quantitative estimate of drug-likeness (QED) is 0.500. The molecule has 0 bridgehead atoms. The van der Waals surface area contributed by atoms with Crippen LogP contribution in [0.3, 0.4) is 0 Å². The molecule has 4 heterocycles. The zero-order valence-electron chi connectivity index (χ0n) is 19.5. The lowest BCUT2D eigenvalue weighted by Crippen LogP contribution is -2.48. The third-order valence-corrected chi connectivity index (χ3v) is 6.98. The Bertz CT molecular complexity index is 1240. The summed E-state index contributed by atoms with van der Waals surface area (Å²) in [6, 6.07) is 1.16. The molecule has 1 aromatic carbocycles. The SMILES string of the molecule is CC[C@H]1OCC[C@H](Nc2ncc(Cl)c(-c3cc(F)c4nc(C(C)(C)O)n5c4c3CCC5)n2)[C@H]1O. The number of halogens is 2. The number of ether oxygens (including phenoxy) is 1. The Morgan fingerprint density at radius 3 is 2.88 bits per heavy atom. The van der Waals surface area contributed by atoms with E-state index in [2.05, 4.69) is 20.3 Å². The number of nitrogens with zero attached hydrogens (tertiary/aromatic N) is 4. The van der Waals surface area contributed by atoms with Gasteiger partial charge in [0.15, 0.2) is 5.82 Å². The monoisotopic (exact) mass is 489 g/mol. The van der Waals surface area contributed by atoms with Gasteiger partial charge < -0.3 is 24.8 Å². The molecular formula is C24H29ClFN5O3. The topological polar surface area (TPSA) is 105 Å². The van der Waals surface area contributed by atoms with Gasteiger partial charge in [-0.25, -0.2) is 19.3 Å². The second-order valence-electron chi connectivity index (χ2n) is 9.57. The molecule has 5 rings (SSSR count). The lowest BCUT2D eigenvalue weighted by Gasteiger charge is -2.34. The van der Waals surface area contributed by atoms with E-state index in [1.165, 1.54) is 12.3 Å². The van der Waals surface area contributed by atoms with Gasteiger partial charge in [-0.2, -0.15) is 0 Å². The molecule has 3 aromatic rings. The minimum atomic E-state index is -1.20. The highest BCUT2D eigenvalue weighted by Gasteiger charge is 2.33. The van der Waals surface area contributed by atoms with Gasteiger partial charge in [0, 0.05) is 18.7 Å². The highest BCUT2D eigenvalue weighted by atomic mass is 35.5. The number of aliphatic hydroxyl groups is 2. The van der Waals surface area contributed by atoms with E-state index < -0.39 is 17.5 Å². The van der Waals surface area contributed by atoms with Gasteiger partial charge in [0.25, 0.3) is 0 Å². The molecule has 3 atom stereocenters. The lowest BCUT2D eigenvalue weighted by atomic mass is 9.95. The number of hydrogen-bond acceptors (Lipinski definition) is 7. The van der Waals surface area contributed by atoms with Crippen molar-refractivity contribution in [2.45, 2.75) is 76.9 Å². The van der Waals surface area contributed by atoms with E-state index in [0.29, 0.717) is 66.0 Å². The summed E-state index contributed by atoms with van der Waals surface area (Å²) in [5.41, 5.74) is 1.62. The summed E-state index contributed by atoms with van der Waals surface area (Å²) in [5, 5.41) is 24.7. The second-order valence-corrected chi connectivity index (χ2v) is 9.98. The first-order valence-electron chi connectivity index (χ1n) is 11.7. The number of hydrogen-bond donors (Lipinski definition) is 3. The van der Waals surface area contributed by atoms with E-state index >= 15 is 4.39 Å². The normalized spacial score (nSPS) is 22.9. The molecule has 182 valence electrons. The summed E-state index contributed by atoms with van der Waals surface area (Å²) >= 11 is 6.51. The summed E-state index contributed by atoms with van der Waals surface area (Å²) in [6.07, 6.45) is 3.41. The molecule has 34 heavy (non-hydrogen) atoms. The number of aromatic nitrogens is 4. The smallest absolute Gasteiger partial charge is 0.223 e. The average Bonchev–Trinajstić information content (AvgIpc) is 3.21. The van der Waals surface area contributed by atoms with Gasteiger partial charge in [-0.1, -0.05) is 18.5 Å². The summed E-state index contributed by atoms with van der Waals surface area (Å²) in [5.74, 6) is 0.263. The minimum absolute atomic E-state index is 0.245. The van der Waals surface area contributed by atoms with Gasteiger partial charge in [-0.15, -0.1) is 0 Å². The summed E-state index contributed by atoms with van der Waals surface area (Å²) in [4.78, 5) is 13.4. The Kier molecular flexibility index (Phi) is 6.00. The Hall–Kier alpha value is -2.33. The molecule has 3 N–H and O–H groups in total. The zero-order chi connectivity index (χ0) is 24.2. The molecule has 2 aliphatic rings. The standard InChI is InChI=1S/C24H29ClFN5O3/c1-4-17-21(32)16(7-9-34-17)28-23-27-11-14(25)18(30-23)13-10-15(26)19-20-12(13)6-5-8-31(20)22(29-19)24(2,3)33/h10-11,16-17,21,32-33H,4-9H2,1-3H3,(H,27,28,30)/t16-,17+,21+/m0/s1. The van der Waals surface area contributed by atoms with Crippen molar-refractivity contribution in [3.8, 4) is 11.3 Å². The minimum Gasteiger partial charge on any atom is -0.388 e. The first-order chi connectivity index (χ1) is 16.2. The van der Waals surface area contributed by atoms with Crippen LogP contribution in [0.15, 0.2) is 12.3 Å². The van der Waals surface area contributed by atoms with Crippen molar-refractivity contribution in [2.24, 2.45) is 0 Å². The number of anilines is 1. The molecule has 8 nitrogen and oxygen atoms in total. The largest absolute Gasteiger partial charge is 0.388 e. The van der Waals surface area contributed by atoms with Crippen LogP contribution in [0.5, 0.6) is 0 Å². The van der Waals surface area contributed by atoms with Crippen LogP contribution < -0.4 is 5.32 Å². The Labute approximate surface area is 202 Å². The molecule has 0 aliphatic carbocycles. The fourth-order valence-corrected chi connectivity index (χ4v) is 5.27. The molecule has 2 aromatic heterocycles. The van der Waals surface area contributed by atoms with Crippen LogP contribution in [0.1, 0.15) is 51.4 Å². The number of imidazole rings is 1. The molecule has 0 spiro atoms. The van der Waals surface area contributed by atoms with Crippen molar-refractivity contribution in [1.29, 1.82) is 0 Å². The van der Waals surface area contributed by atoms with Gasteiger partial charge >= 0.3 is 0 Å². The van der Waals surface area contributed by atoms with Crippen LogP contribution in [0.4, 0.5) is 10.3 Å². The van der Waals surface area contributed by atoms with Gasteiger partial charge in [0.1, 0.15) is 23.0 Å². The molecule has 0 saturated carbocycles. The maximum atomic E-state index is 15.3. The van der Waals surface area contributed by atoms with Gasteiger partial charge in [0.05, 0.1) is 34.6 Å². The maximum absolute atomic E-state index is 15.3. The molecule has 0 amide bonds. The van der Waals surface area contributed by atoms with E-state index in [9.17, 15) is 10.2 Å². The number of aryl methyl sites for hydroxylation is 2. The highest BCUT2D eigenvalue weighted by molar-refractivity contribution is 6.33. The van der Waals surface area contributed by atoms with Crippen molar-refractivity contribution in [2.75, 3.05) is 11.9 Å². The third kappa shape index (κ3) is 3.94. The van der Waals surface area contributed by atoms with Crippen molar-refractivity contribution in [3.05, 3.63) is 34.5 Å². The second kappa shape index (κ2) is 8.71. The van der Waals surface area contributed by atoms with Crippen LogP contribution in [-0.2, 0) is 23.3 Å². The summed E-state index contributed by atoms with van der Waals surface area (Å²) in [7, 11) is 0. The van der Waals surface area contributed by atoms with Crippen molar-refractivity contribution >= 4 is 28.6 Å². The summed E-state index contributed by atoms with van der Waals surface area (Å²) in [6.45, 7) is 6.46. The van der Waals surface area contributed by atoms with E-state index in [1.54, 1.807) is 13.8 Å². The van der Waals surface area contributed by atoms with E-state index in [1.807, 2.05) is 11.5 Å². The first-order valence-corrected chi connectivity index (χ1v) is 12.1. The van der Waals surface area contributed by atoms with Crippen LogP contribution in [0.25, 0.3) is 22.3 Å². The van der Waals surface area contributed by atoms with E-state index in [-0.39, 0.29) is 17.7 Å². The molecular weight excluding hydrogens is 461 g/mol. The zero-order valence-corrected chi connectivity index (χ0v) is 20.2. The number of nitrogens with one attached hydrogen (secondary N) is 1. The Morgan fingerprint density at radius 1 is 1.35 bits per heavy atom. The van der Waals surface area contributed by atoms with E-state index in [4.69, 9.17) is 16.3 Å².